The Morgan fingerprint density at radius 1 is 1.21 bits per heavy atom. The fourth-order valence-electron chi connectivity index (χ4n) is 2.52. The Morgan fingerprint density at radius 2 is 1.79 bits per heavy atom. The highest BCUT2D eigenvalue weighted by Gasteiger charge is 2.33. The number of hydrogen-bond acceptors (Lipinski definition) is 3. The molecule has 4 N–H and O–H groups in total. The second kappa shape index (κ2) is 6.37. The van der Waals surface area contributed by atoms with Gasteiger partial charge in [0.2, 0.25) is 11.8 Å². The Labute approximate surface area is 115 Å². The number of carbonyl (C=O) groups excluding carboxylic acids is 2. The van der Waals surface area contributed by atoms with Crippen LogP contribution in [0.4, 0.5) is 0 Å². The van der Waals surface area contributed by atoms with Crippen LogP contribution in [0, 0.1) is 5.41 Å². The van der Waals surface area contributed by atoms with E-state index in [4.69, 9.17) is 5.73 Å². The van der Waals surface area contributed by atoms with Crippen LogP contribution in [-0.4, -0.2) is 30.9 Å². The van der Waals surface area contributed by atoms with Crippen LogP contribution in [0.5, 0.6) is 0 Å². The van der Waals surface area contributed by atoms with Crippen LogP contribution in [0.15, 0.2) is 0 Å². The Hall–Kier alpha value is -1.10. The van der Waals surface area contributed by atoms with Crippen molar-refractivity contribution in [2.75, 3.05) is 13.6 Å². The van der Waals surface area contributed by atoms with Gasteiger partial charge in [0.1, 0.15) is 0 Å². The Morgan fingerprint density at radius 3 is 2.26 bits per heavy atom. The highest BCUT2D eigenvalue weighted by Crippen LogP contribution is 2.30. The largest absolute Gasteiger partial charge is 0.369 e. The van der Waals surface area contributed by atoms with Gasteiger partial charge in [-0.1, -0.05) is 19.3 Å². The van der Waals surface area contributed by atoms with E-state index in [1.54, 1.807) is 13.8 Å². The standard InChI is InChI=1S/C14H27N3O2/c1-13(2,12(15)19)10-17-11(18)9-14(16-3)7-5-4-6-8-14/h16H,4-10H2,1-3H3,(H2,15,19)(H,17,18). The first-order valence-electron chi connectivity index (χ1n) is 7.07. The van der Waals surface area contributed by atoms with Crippen molar-refractivity contribution in [2.45, 2.75) is 57.9 Å². The van der Waals surface area contributed by atoms with Crippen LogP contribution in [0.25, 0.3) is 0 Å². The van der Waals surface area contributed by atoms with E-state index in [1.807, 2.05) is 7.05 Å². The van der Waals surface area contributed by atoms with Crippen LogP contribution in [0.3, 0.4) is 0 Å². The molecule has 0 unspecified atom stereocenters. The summed E-state index contributed by atoms with van der Waals surface area (Å²) in [5.41, 5.74) is 4.52. The quantitative estimate of drug-likeness (QED) is 0.670. The molecule has 1 saturated carbocycles. The lowest BCUT2D eigenvalue weighted by atomic mass is 9.79. The molecule has 0 atom stereocenters. The summed E-state index contributed by atoms with van der Waals surface area (Å²) in [6, 6.07) is 0. The van der Waals surface area contributed by atoms with Crippen molar-refractivity contribution < 1.29 is 9.59 Å². The number of amides is 2. The number of nitrogens with two attached hydrogens (primary N) is 1. The molecule has 0 aliphatic heterocycles. The zero-order valence-corrected chi connectivity index (χ0v) is 12.3. The molecule has 0 aromatic rings. The van der Waals surface area contributed by atoms with Crippen LogP contribution in [0.2, 0.25) is 0 Å². The van der Waals surface area contributed by atoms with Crippen molar-refractivity contribution >= 4 is 11.8 Å². The minimum absolute atomic E-state index is 0.00873. The summed E-state index contributed by atoms with van der Waals surface area (Å²) in [5, 5.41) is 6.15. The van der Waals surface area contributed by atoms with Gasteiger partial charge in [-0.05, 0) is 33.7 Å². The molecule has 1 aliphatic rings. The highest BCUT2D eigenvalue weighted by atomic mass is 16.2. The summed E-state index contributed by atoms with van der Waals surface area (Å²) in [5.74, 6) is -0.403. The molecular weight excluding hydrogens is 242 g/mol. The summed E-state index contributed by atoms with van der Waals surface area (Å²) in [7, 11) is 1.92. The maximum absolute atomic E-state index is 12.0. The van der Waals surface area contributed by atoms with E-state index < -0.39 is 11.3 Å². The number of hydrogen-bond donors (Lipinski definition) is 3. The van der Waals surface area contributed by atoms with E-state index in [0.29, 0.717) is 13.0 Å². The first-order chi connectivity index (χ1) is 8.81. The lowest BCUT2D eigenvalue weighted by Crippen LogP contribution is -2.50. The third kappa shape index (κ3) is 4.49. The van der Waals surface area contributed by atoms with Crippen molar-refractivity contribution in [3.05, 3.63) is 0 Å². The van der Waals surface area contributed by atoms with E-state index in [-0.39, 0.29) is 11.4 Å². The van der Waals surface area contributed by atoms with E-state index in [1.165, 1.54) is 19.3 Å². The van der Waals surface area contributed by atoms with Crippen molar-refractivity contribution in [1.82, 2.24) is 10.6 Å². The first-order valence-corrected chi connectivity index (χ1v) is 7.07. The molecule has 0 aromatic carbocycles. The Balaban J connectivity index is 2.48. The minimum Gasteiger partial charge on any atom is -0.369 e. The highest BCUT2D eigenvalue weighted by molar-refractivity contribution is 5.82. The van der Waals surface area contributed by atoms with Crippen molar-refractivity contribution in [3.63, 3.8) is 0 Å². The predicted octanol–water partition coefficient (Wildman–Crippen LogP) is 0.926. The third-order valence-electron chi connectivity index (χ3n) is 4.23. The Bertz CT molecular complexity index is 334. The number of primary amides is 1. The van der Waals surface area contributed by atoms with Crippen LogP contribution in [-0.2, 0) is 9.59 Å². The van der Waals surface area contributed by atoms with Gasteiger partial charge in [-0.2, -0.15) is 0 Å². The van der Waals surface area contributed by atoms with Gasteiger partial charge < -0.3 is 16.4 Å². The minimum atomic E-state index is -0.699. The lowest BCUT2D eigenvalue weighted by Gasteiger charge is -2.37. The zero-order valence-electron chi connectivity index (χ0n) is 12.3. The molecule has 110 valence electrons. The number of rotatable bonds is 6. The number of nitrogens with one attached hydrogen (secondary N) is 2. The molecule has 1 fully saturated rings. The molecule has 0 radical (unpaired) electrons. The molecule has 0 bridgehead atoms. The predicted molar refractivity (Wildman–Crippen MR) is 75.5 cm³/mol. The molecule has 0 saturated heterocycles. The molecule has 0 aromatic heterocycles. The maximum Gasteiger partial charge on any atom is 0.224 e. The summed E-state index contributed by atoms with van der Waals surface area (Å²) in [6.45, 7) is 3.77. The van der Waals surface area contributed by atoms with Gasteiger partial charge in [0.05, 0.1) is 5.41 Å². The smallest absolute Gasteiger partial charge is 0.224 e. The molecule has 0 heterocycles. The van der Waals surface area contributed by atoms with Gasteiger partial charge >= 0.3 is 0 Å². The molecule has 0 spiro atoms. The summed E-state index contributed by atoms with van der Waals surface area (Å²) in [6.07, 6.45) is 6.13. The average molecular weight is 269 g/mol. The van der Waals surface area contributed by atoms with E-state index in [0.717, 1.165) is 12.8 Å². The van der Waals surface area contributed by atoms with Gasteiger partial charge in [-0.3, -0.25) is 9.59 Å². The van der Waals surface area contributed by atoms with Gasteiger partial charge in [0, 0.05) is 18.5 Å². The third-order valence-corrected chi connectivity index (χ3v) is 4.23. The fraction of sp³-hybridized carbons (Fsp3) is 0.857. The molecule has 1 rings (SSSR count). The van der Waals surface area contributed by atoms with Crippen LogP contribution < -0.4 is 16.4 Å². The lowest BCUT2D eigenvalue weighted by molar-refractivity contribution is -0.127. The SMILES string of the molecule is CNC1(CC(=O)NCC(C)(C)C(N)=O)CCCCC1. The summed E-state index contributed by atoms with van der Waals surface area (Å²) < 4.78 is 0. The molecule has 1 aliphatic carbocycles. The topological polar surface area (TPSA) is 84.2 Å². The second-order valence-corrected chi connectivity index (χ2v) is 6.29. The normalized spacial score (nSPS) is 18.9. The molecular formula is C14H27N3O2. The van der Waals surface area contributed by atoms with E-state index >= 15 is 0 Å². The average Bonchev–Trinajstić information content (AvgIpc) is 2.37. The van der Waals surface area contributed by atoms with Crippen molar-refractivity contribution in [3.8, 4) is 0 Å². The van der Waals surface area contributed by atoms with Crippen molar-refractivity contribution in [2.24, 2.45) is 11.1 Å². The fourth-order valence-corrected chi connectivity index (χ4v) is 2.52. The van der Waals surface area contributed by atoms with E-state index in [2.05, 4.69) is 10.6 Å². The van der Waals surface area contributed by atoms with E-state index in [9.17, 15) is 9.59 Å². The van der Waals surface area contributed by atoms with Crippen molar-refractivity contribution in [1.29, 1.82) is 0 Å². The molecule has 5 nitrogen and oxygen atoms in total. The first kappa shape index (κ1) is 16.0. The summed E-state index contributed by atoms with van der Waals surface area (Å²) >= 11 is 0. The Kier molecular flexibility index (Phi) is 5.35. The van der Waals surface area contributed by atoms with Crippen LogP contribution in [0.1, 0.15) is 52.4 Å². The van der Waals surface area contributed by atoms with Gasteiger partial charge in [-0.25, -0.2) is 0 Å². The monoisotopic (exact) mass is 269 g/mol. The summed E-state index contributed by atoms with van der Waals surface area (Å²) in [4.78, 5) is 23.2. The molecule has 2 amide bonds. The van der Waals surface area contributed by atoms with Gasteiger partial charge in [0.25, 0.3) is 0 Å². The van der Waals surface area contributed by atoms with Gasteiger partial charge in [-0.15, -0.1) is 0 Å². The zero-order chi connectivity index (χ0) is 14.5. The van der Waals surface area contributed by atoms with Crippen LogP contribution >= 0.6 is 0 Å². The molecule has 19 heavy (non-hydrogen) atoms. The second-order valence-electron chi connectivity index (χ2n) is 6.29. The van der Waals surface area contributed by atoms with Gasteiger partial charge in [0.15, 0.2) is 0 Å². The number of carbonyl (C=O) groups is 2. The molecule has 5 heteroatoms. The maximum atomic E-state index is 12.0.